The van der Waals surface area contributed by atoms with Gasteiger partial charge in [0, 0.05) is 12.1 Å². The molecule has 0 aromatic heterocycles. The van der Waals surface area contributed by atoms with Crippen LogP contribution in [0.25, 0.3) is 5.76 Å². The number of carbonyl (C=O) groups excluding carboxylic acids is 2. The maximum absolute atomic E-state index is 13.1. The molecule has 0 bridgehead atoms. The predicted molar refractivity (Wildman–Crippen MR) is 124 cm³/mol. The molecule has 6 heteroatoms. The number of Topliss-reactive ketones (excluding diaryl/α,β-unsaturated/α-hetero) is 1. The van der Waals surface area contributed by atoms with Crippen molar-refractivity contribution in [1.29, 1.82) is 0 Å². The lowest BCUT2D eigenvalue weighted by molar-refractivity contribution is -0.140. The highest BCUT2D eigenvalue weighted by Crippen LogP contribution is 2.40. The molecule has 1 aliphatic rings. The second-order valence-electron chi connectivity index (χ2n) is 8.46. The second-order valence-corrected chi connectivity index (χ2v) is 8.46. The average molecular weight is 438 g/mol. The lowest BCUT2D eigenvalue weighted by atomic mass is 9.92. The maximum atomic E-state index is 13.1. The largest absolute Gasteiger partial charge is 0.507 e. The Hall–Kier alpha value is -3.12. The fraction of sp³-hybridized carbons (Fsp3) is 0.385. The number of aliphatic hydroxyl groups is 1. The lowest BCUT2D eigenvalue weighted by Gasteiger charge is -2.26. The lowest BCUT2D eigenvalue weighted by Crippen LogP contribution is -2.33. The van der Waals surface area contributed by atoms with Crippen LogP contribution in [-0.2, 0) is 14.3 Å². The van der Waals surface area contributed by atoms with Gasteiger partial charge in [-0.3, -0.25) is 9.59 Å². The number of rotatable bonds is 7. The summed E-state index contributed by atoms with van der Waals surface area (Å²) in [5.41, 5.74) is 3.96. The van der Waals surface area contributed by atoms with Crippen molar-refractivity contribution >= 4 is 17.4 Å². The molecule has 1 N–H and O–H groups in total. The highest BCUT2D eigenvalue weighted by atomic mass is 16.5. The van der Waals surface area contributed by atoms with E-state index in [-0.39, 0.29) is 24.0 Å². The van der Waals surface area contributed by atoms with E-state index in [1.54, 1.807) is 13.2 Å². The van der Waals surface area contributed by atoms with Crippen LogP contribution in [0.15, 0.2) is 42.0 Å². The monoisotopic (exact) mass is 437 g/mol. The fourth-order valence-electron chi connectivity index (χ4n) is 4.09. The van der Waals surface area contributed by atoms with Crippen LogP contribution in [0.2, 0.25) is 0 Å². The molecule has 170 valence electrons. The normalized spacial score (nSPS) is 18.0. The Balaban J connectivity index is 2.16. The molecule has 0 saturated carbocycles. The Kier molecular flexibility index (Phi) is 7.04. The van der Waals surface area contributed by atoms with Crippen LogP contribution < -0.4 is 4.74 Å². The number of nitrogens with zero attached hydrogens (tertiary/aromatic N) is 1. The van der Waals surface area contributed by atoms with Crippen LogP contribution in [0.5, 0.6) is 5.75 Å². The third kappa shape index (κ3) is 4.55. The molecule has 3 rings (SSSR count). The van der Waals surface area contributed by atoms with Crippen LogP contribution >= 0.6 is 0 Å². The molecular weight excluding hydrogens is 406 g/mol. The Morgan fingerprint density at radius 3 is 2.44 bits per heavy atom. The van der Waals surface area contributed by atoms with E-state index in [9.17, 15) is 14.7 Å². The molecule has 1 aliphatic heterocycles. The number of hydrogen-bond donors (Lipinski definition) is 1. The number of ketones is 1. The van der Waals surface area contributed by atoms with Gasteiger partial charge in [0.15, 0.2) is 0 Å². The highest BCUT2D eigenvalue weighted by Gasteiger charge is 2.46. The van der Waals surface area contributed by atoms with Crippen LogP contribution in [0.4, 0.5) is 0 Å². The van der Waals surface area contributed by atoms with Gasteiger partial charge in [0.05, 0.1) is 31.4 Å². The second kappa shape index (κ2) is 9.57. The third-order valence-electron chi connectivity index (χ3n) is 5.68. The van der Waals surface area contributed by atoms with Crippen molar-refractivity contribution < 1.29 is 24.2 Å². The Morgan fingerprint density at radius 2 is 1.81 bits per heavy atom. The van der Waals surface area contributed by atoms with Crippen molar-refractivity contribution in [3.63, 3.8) is 0 Å². The molecule has 1 fully saturated rings. The van der Waals surface area contributed by atoms with Gasteiger partial charge in [0.2, 0.25) is 0 Å². The first kappa shape index (κ1) is 23.5. The maximum Gasteiger partial charge on any atom is 0.295 e. The molecule has 1 amide bonds. The Morgan fingerprint density at radius 1 is 1.09 bits per heavy atom. The number of aliphatic hydroxyl groups excluding tert-OH is 1. The standard InChI is InChI=1S/C26H31NO5/c1-15(2)32-11-10-27-23(19-9-7-8-16(3)12-19)22(25(29)26(27)30)24(28)20-13-18(5)21(31-6)14-17(20)4/h7-9,12-15,23,28H,10-11H2,1-6H3/b24-22+. The fourth-order valence-corrected chi connectivity index (χ4v) is 4.09. The number of carbonyl (C=O) groups is 2. The summed E-state index contributed by atoms with van der Waals surface area (Å²) in [6, 6.07) is 10.6. The number of aryl methyl sites for hydroxylation is 3. The van der Waals surface area contributed by atoms with Gasteiger partial charge < -0.3 is 19.5 Å². The first-order valence-electron chi connectivity index (χ1n) is 10.8. The highest BCUT2D eigenvalue weighted by molar-refractivity contribution is 6.46. The molecule has 2 aromatic rings. The molecule has 0 aliphatic carbocycles. The summed E-state index contributed by atoms with van der Waals surface area (Å²) in [5.74, 6) is -0.800. The van der Waals surface area contributed by atoms with Crippen molar-refractivity contribution in [3.8, 4) is 5.75 Å². The summed E-state index contributed by atoms with van der Waals surface area (Å²) < 4.78 is 11.0. The van der Waals surface area contributed by atoms with Crippen LogP contribution in [0, 0.1) is 20.8 Å². The van der Waals surface area contributed by atoms with Crippen molar-refractivity contribution in [2.24, 2.45) is 0 Å². The van der Waals surface area contributed by atoms with E-state index < -0.39 is 17.7 Å². The van der Waals surface area contributed by atoms with Gasteiger partial charge in [-0.05, 0) is 63.4 Å². The van der Waals surface area contributed by atoms with Crippen molar-refractivity contribution in [2.45, 2.75) is 46.8 Å². The minimum absolute atomic E-state index is 0.00849. The molecule has 1 atom stereocenters. The van der Waals surface area contributed by atoms with Gasteiger partial charge in [-0.2, -0.15) is 0 Å². The number of benzene rings is 2. The predicted octanol–water partition coefficient (Wildman–Crippen LogP) is 4.47. The minimum Gasteiger partial charge on any atom is -0.507 e. The van der Waals surface area contributed by atoms with Crippen LogP contribution in [-0.4, -0.2) is 48.1 Å². The third-order valence-corrected chi connectivity index (χ3v) is 5.68. The summed E-state index contributed by atoms with van der Waals surface area (Å²) in [4.78, 5) is 27.6. The average Bonchev–Trinajstić information content (AvgIpc) is 2.99. The molecule has 2 aromatic carbocycles. The van der Waals surface area contributed by atoms with Crippen LogP contribution in [0.1, 0.15) is 47.7 Å². The zero-order chi connectivity index (χ0) is 23.6. The SMILES string of the molecule is COc1cc(C)c(/C(O)=C2\C(=O)C(=O)N(CCOC(C)C)C2c2cccc(C)c2)cc1C. The molecule has 1 heterocycles. The molecule has 0 spiro atoms. The van der Waals surface area contributed by atoms with Gasteiger partial charge in [-0.1, -0.05) is 29.8 Å². The van der Waals surface area contributed by atoms with E-state index in [4.69, 9.17) is 9.47 Å². The van der Waals surface area contributed by atoms with Crippen molar-refractivity contribution in [1.82, 2.24) is 4.90 Å². The smallest absolute Gasteiger partial charge is 0.295 e. The molecule has 1 unspecified atom stereocenters. The Bertz CT molecular complexity index is 1070. The van der Waals surface area contributed by atoms with E-state index >= 15 is 0 Å². The van der Waals surface area contributed by atoms with Gasteiger partial charge in [-0.25, -0.2) is 0 Å². The van der Waals surface area contributed by atoms with Gasteiger partial charge in [-0.15, -0.1) is 0 Å². The number of amides is 1. The van der Waals surface area contributed by atoms with E-state index in [1.165, 1.54) is 4.90 Å². The first-order chi connectivity index (χ1) is 15.1. The quantitative estimate of drug-likeness (QED) is 0.393. The van der Waals surface area contributed by atoms with Gasteiger partial charge >= 0.3 is 0 Å². The number of hydrogen-bond acceptors (Lipinski definition) is 5. The van der Waals surface area contributed by atoms with Gasteiger partial charge in [0.25, 0.3) is 11.7 Å². The summed E-state index contributed by atoms with van der Waals surface area (Å²) in [6.07, 6.45) is 0.00849. The number of likely N-dealkylation sites (tertiary alicyclic amines) is 1. The van der Waals surface area contributed by atoms with Crippen molar-refractivity contribution in [2.75, 3.05) is 20.3 Å². The number of methoxy groups -OCH3 is 1. The molecule has 6 nitrogen and oxygen atoms in total. The molecular formula is C26H31NO5. The van der Waals surface area contributed by atoms with E-state index in [2.05, 4.69) is 0 Å². The topological polar surface area (TPSA) is 76.1 Å². The summed E-state index contributed by atoms with van der Waals surface area (Å²) in [7, 11) is 1.59. The van der Waals surface area contributed by atoms with Crippen LogP contribution in [0.3, 0.4) is 0 Å². The zero-order valence-electron chi connectivity index (χ0n) is 19.6. The summed E-state index contributed by atoms with van der Waals surface area (Å²) >= 11 is 0. The summed E-state index contributed by atoms with van der Waals surface area (Å²) in [6.45, 7) is 10.0. The van der Waals surface area contributed by atoms with E-state index in [0.717, 1.165) is 22.3 Å². The van der Waals surface area contributed by atoms with E-state index in [0.29, 0.717) is 17.9 Å². The molecule has 32 heavy (non-hydrogen) atoms. The minimum atomic E-state index is -0.688. The Labute approximate surface area is 189 Å². The number of ether oxygens (including phenoxy) is 2. The van der Waals surface area contributed by atoms with Crippen molar-refractivity contribution in [3.05, 3.63) is 69.8 Å². The summed E-state index contributed by atoms with van der Waals surface area (Å²) in [5, 5.41) is 11.3. The zero-order valence-corrected chi connectivity index (χ0v) is 19.6. The molecule has 0 radical (unpaired) electrons. The van der Waals surface area contributed by atoms with E-state index in [1.807, 2.05) is 65.0 Å². The first-order valence-corrected chi connectivity index (χ1v) is 10.8. The molecule has 1 saturated heterocycles. The van der Waals surface area contributed by atoms with Gasteiger partial charge in [0.1, 0.15) is 11.5 Å².